The zero-order chi connectivity index (χ0) is 12.8. The number of amides is 1. The van der Waals surface area contributed by atoms with E-state index in [0.717, 1.165) is 11.4 Å². The molecule has 1 aromatic carbocycles. The number of aryl methyl sites for hydroxylation is 1. The molecule has 0 spiro atoms. The van der Waals surface area contributed by atoms with Gasteiger partial charge in [-0.15, -0.1) is 0 Å². The summed E-state index contributed by atoms with van der Waals surface area (Å²) < 4.78 is 10.3. The molecule has 5 heteroatoms. The number of rotatable bonds is 5. The summed E-state index contributed by atoms with van der Waals surface area (Å²) in [5, 5.41) is 6.28. The number of hydrogen-bond acceptors (Lipinski definition) is 4. The second-order valence-electron chi connectivity index (χ2n) is 3.79. The van der Waals surface area contributed by atoms with E-state index in [2.05, 4.69) is 10.5 Å². The topological polar surface area (TPSA) is 64.4 Å². The van der Waals surface area contributed by atoms with E-state index in [0.29, 0.717) is 12.5 Å². The fourth-order valence-electron chi connectivity index (χ4n) is 1.40. The monoisotopic (exact) mass is 246 g/mol. The van der Waals surface area contributed by atoms with Gasteiger partial charge in [-0.25, -0.2) is 0 Å². The Morgan fingerprint density at radius 1 is 1.39 bits per heavy atom. The van der Waals surface area contributed by atoms with Crippen LogP contribution in [0.25, 0.3) is 0 Å². The summed E-state index contributed by atoms with van der Waals surface area (Å²) in [4.78, 5) is 11.5. The van der Waals surface area contributed by atoms with Gasteiger partial charge in [0.1, 0.15) is 5.75 Å². The molecule has 0 atom stereocenters. The van der Waals surface area contributed by atoms with Crippen molar-refractivity contribution >= 4 is 11.8 Å². The minimum absolute atomic E-state index is 0.165. The van der Waals surface area contributed by atoms with Crippen molar-refractivity contribution in [2.75, 3.05) is 11.9 Å². The van der Waals surface area contributed by atoms with Crippen LogP contribution in [0, 0.1) is 6.92 Å². The van der Waals surface area contributed by atoms with E-state index < -0.39 is 0 Å². The third-order valence-electron chi connectivity index (χ3n) is 2.23. The molecular formula is C13H14N2O3. The van der Waals surface area contributed by atoms with Gasteiger partial charge in [0.25, 0.3) is 0 Å². The lowest BCUT2D eigenvalue weighted by atomic mass is 10.3. The first-order valence-corrected chi connectivity index (χ1v) is 5.65. The van der Waals surface area contributed by atoms with E-state index in [1.165, 1.54) is 0 Å². The first kappa shape index (κ1) is 12.2. The number of carbonyl (C=O) groups excluding carboxylic acids is 1. The number of anilines is 1. The molecule has 1 aromatic heterocycles. The van der Waals surface area contributed by atoms with Crippen molar-refractivity contribution in [3.63, 3.8) is 0 Å². The Balaban J connectivity index is 1.72. The molecule has 0 bridgehead atoms. The maximum absolute atomic E-state index is 11.5. The first-order chi connectivity index (χ1) is 8.74. The Kier molecular flexibility index (Phi) is 3.96. The van der Waals surface area contributed by atoms with Crippen LogP contribution in [0.2, 0.25) is 0 Å². The summed E-state index contributed by atoms with van der Waals surface area (Å²) in [6, 6.07) is 11.0. The van der Waals surface area contributed by atoms with E-state index in [-0.39, 0.29) is 12.3 Å². The fraction of sp³-hybridized carbons (Fsp3) is 0.231. The molecule has 0 saturated carbocycles. The lowest BCUT2D eigenvalue weighted by molar-refractivity contribution is -0.116. The number of benzene rings is 1. The van der Waals surface area contributed by atoms with Crippen LogP contribution >= 0.6 is 0 Å². The molecule has 0 saturated heterocycles. The zero-order valence-electron chi connectivity index (χ0n) is 10.1. The van der Waals surface area contributed by atoms with Crippen molar-refractivity contribution in [3.05, 3.63) is 42.1 Å². The highest BCUT2D eigenvalue weighted by Gasteiger charge is 2.06. The van der Waals surface area contributed by atoms with Crippen LogP contribution < -0.4 is 10.1 Å². The Labute approximate surface area is 105 Å². The average Bonchev–Trinajstić information content (AvgIpc) is 2.76. The van der Waals surface area contributed by atoms with Crippen LogP contribution in [0.3, 0.4) is 0 Å². The number of hydrogen-bond donors (Lipinski definition) is 1. The van der Waals surface area contributed by atoms with Gasteiger partial charge in [0, 0.05) is 6.07 Å². The largest absolute Gasteiger partial charge is 0.493 e. The van der Waals surface area contributed by atoms with Crippen molar-refractivity contribution in [2.45, 2.75) is 13.3 Å². The van der Waals surface area contributed by atoms with Gasteiger partial charge in [-0.05, 0) is 19.1 Å². The van der Waals surface area contributed by atoms with Crippen molar-refractivity contribution in [1.29, 1.82) is 0 Å². The number of nitrogens with zero attached hydrogens (tertiary/aromatic N) is 1. The molecule has 2 aromatic rings. The van der Waals surface area contributed by atoms with Crippen LogP contribution in [-0.4, -0.2) is 17.7 Å². The Morgan fingerprint density at radius 2 is 2.17 bits per heavy atom. The Bertz CT molecular complexity index is 508. The first-order valence-electron chi connectivity index (χ1n) is 5.65. The molecule has 0 aliphatic carbocycles. The van der Waals surface area contributed by atoms with Gasteiger partial charge in [-0.3, -0.25) is 10.1 Å². The quantitative estimate of drug-likeness (QED) is 0.879. The highest BCUT2D eigenvalue weighted by atomic mass is 16.5. The maximum atomic E-state index is 11.5. The summed E-state index contributed by atoms with van der Waals surface area (Å²) in [6.07, 6.45) is 0.259. The molecule has 0 radical (unpaired) electrons. The highest BCUT2D eigenvalue weighted by molar-refractivity contribution is 5.89. The molecule has 1 amide bonds. The van der Waals surface area contributed by atoms with Crippen molar-refractivity contribution < 1.29 is 14.1 Å². The highest BCUT2D eigenvalue weighted by Crippen LogP contribution is 2.10. The van der Waals surface area contributed by atoms with E-state index in [1.54, 1.807) is 13.0 Å². The summed E-state index contributed by atoms with van der Waals surface area (Å²) >= 11 is 0. The molecule has 0 aliphatic rings. The van der Waals surface area contributed by atoms with Gasteiger partial charge in [0.2, 0.25) is 11.8 Å². The summed E-state index contributed by atoms with van der Waals surface area (Å²) in [5.74, 6) is 0.945. The third kappa shape index (κ3) is 3.62. The van der Waals surface area contributed by atoms with Crippen molar-refractivity contribution in [2.24, 2.45) is 0 Å². The number of carbonyl (C=O) groups is 1. The van der Waals surface area contributed by atoms with Crippen LogP contribution in [-0.2, 0) is 4.79 Å². The normalized spacial score (nSPS) is 10.1. The summed E-state index contributed by atoms with van der Waals surface area (Å²) in [7, 11) is 0. The third-order valence-corrected chi connectivity index (χ3v) is 2.23. The van der Waals surface area contributed by atoms with Crippen LogP contribution in [0.15, 0.2) is 40.9 Å². The molecule has 94 valence electrons. The lowest BCUT2D eigenvalue weighted by Gasteiger charge is -2.05. The molecule has 1 N–H and O–H groups in total. The second kappa shape index (κ2) is 5.86. The predicted octanol–water partition coefficient (Wildman–Crippen LogP) is 2.39. The van der Waals surface area contributed by atoms with E-state index in [1.807, 2.05) is 30.3 Å². The van der Waals surface area contributed by atoms with Crippen LogP contribution in [0.5, 0.6) is 5.75 Å². The second-order valence-corrected chi connectivity index (χ2v) is 3.79. The molecular weight excluding hydrogens is 232 g/mol. The molecule has 0 unspecified atom stereocenters. The van der Waals surface area contributed by atoms with Gasteiger partial charge in [-0.2, -0.15) is 0 Å². The van der Waals surface area contributed by atoms with Crippen LogP contribution in [0.4, 0.5) is 5.88 Å². The Hall–Kier alpha value is -2.30. The van der Waals surface area contributed by atoms with Crippen LogP contribution in [0.1, 0.15) is 12.1 Å². The van der Waals surface area contributed by atoms with E-state index in [4.69, 9.17) is 9.26 Å². The number of para-hydroxylation sites is 1. The number of ether oxygens (including phenoxy) is 1. The summed E-state index contributed by atoms with van der Waals surface area (Å²) in [5.41, 5.74) is 0.728. The van der Waals surface area contributed by atoms with Gasteiger partial charge < -0.3 is 9.26 Å². The van der Waals surface area contributed by atoms with Crippen molar-refractivity contribution in [3.8, 4) is 5.75 Å². The van der Waals surface area contributed by atoms with Crippen molar-refractivity contribution in [1.82, 2.24) is 5.16 Å². The predicted molar refractivity (Wildman–Crippen MR) is 66.4 cm³/mol. The molecule has 5 nitrogen and oxygen atoms in total. The molecule has 0 fully saturated rings. The minimum atomic E-state index is -0.165. The van der Waals surface area contributed by atoms with E-state index in [9.17, 15) is 4.79 Å². The fourth-order valence-corrected chi connectivity index (χ4v) is 1.40. The summed E-state index contributed by atoms with van der Waals surface area (Å²) in [6.45, 7) is 2.11. The lowest BCUT2D eigenvalue weighted by Crippen LogP contribution is -2.14. The molecule has 0 aliphatic heterocycles. The zero-order valence-corrected chi connectivity index (χ0v) is 10.1. The average molecular weight is 246 g/mol. The number of nitrogens with one attached hydrogen (secondary N) is 1. The SMILES string of the molecule is Cc1cc(NC(=O)CCOc2ccccc2)on1. The molecule has 1 heterocycles. The Morgan fingerprint density at radius 3 is 2.83 bits per heavy atom. The minimum Gasteiger partial charge on any atom is -0.493 e. The smallest absolute Gasteiger partial charge is 0.231 e. The van der Waals surface area contributed by atoms with Gasteiger partial charge in [0.15, 0.2) is 0 Å². The molecule has 2 rings (SSSR count). The molecule has 18 heavy (non-hydrogen) atoms. The standard InChI is InChI=1S/C13H14N2O3/c1-10-9-13(18-15-10)14-12(16)7-8-17-11-5-3-2-4-6-11/h2-6,9H,7-8H2,1H3,(H,14,16). The van der Waals surface area contributed by atoms with Gasteiger partial charge in [-0.1, -0.05) is 23.4 Å². The van der Waals surface area contributed by atoms with Gasteiger partial charge in [0.05, 0.1) is 18.7 Å². The number of aromatic nitrogens is 1. The maximum Gasteiger partial charge on any atom is 0.231 e. The van der Waals surface area contributed by atoms with E-state index >= 15 is 0 Å². The van der Waals surface area contributed by atoms with Gasteiger partial charge >= 0.3 is 0 Å².